The predicted molar refractivity (Wildman–Crippen MR) is 83.7 cm³/mol. The topological polar surface area (TPSA) is 92.4 Å². The van der Waals surface area contributed by atoms with Crippen LogP contribution < -0.4 is 4.72 Å². The van der Waals surface area contributed by atoms with Crippen LogP contribution in [0.3, 0.4) is 0 Å². The van der Waals surface area contributed by atoms with Crippen LogP contribution >= 0.6 is 0 Å². The first-order valence-corrected chi connectivity index (χ1v) is 8.94. The Balaban J connectivity index is 2.09. The lowest BCUT2D eigenvalue weighted by molar-refractivity contribution is 0.102. The Morgan fingerprint density at radius 3 is 2.57 bits per heavy atom. The van der Waals surface area contributed by atoms with Gasteiger partial charge in [-0.05, 0) is 5.56 Å². The highest BCUT2D eigenvalue weighted by Gasteiger charge is 2.16. The van der Waals surface area contributed by atoms with E-state index in [1.54, 1.807) is 37.3 Å². The molecule has 1 aromatic heterocycles. The van der Waals surface area contributed by atoms with Crippen molar-refractivity contribution in [2.45, 2.75) is 19.6 Å². The van der Waals surface area contributed by atoms with Gasteiger partial charge in [0.2, 0.25) is 10.0 Å². The van der Waals surface area contributed by atoms with Crippen molar-refractivity contribution in [2.24, 2.45) is 5.92 Å². The van der Waals surface area contributed by atoms with Gasteiger partial charge in [0.15, 0.2) is 5.76 Å². The Morgan fingerprint density at radius 1 is 1.35 bits per heavy atom. The standard InChI is InChI=1S/C15H19FN2O4S/c1-10(8-16)15(19)12-5-3-11(4-6-12)14-7-13(18-22-14)9-17-23(2,20)21/h3-7,10,15,17,19H,8-9H2,1-2H3. The SMILES string of the molecule is CC(CF)C(O)c1ccc(-c2cc(CNS(C)(=O)=O)no2)cc1. The summed E-state index contributed by atoms with van der Waals surface area (Å²) in [6.45, 7) is 1.09. The third-order valence-electron chi connectivity index (χ3n) is 3.39. The highest BCUT2D eigenvalue weighted by atomic mass is 32.2. The largest absolute Gasteiger partial charge is 0.388 e. The Hall–Kier alpha value is -1.77. The molecule has 1 aromatic carbocycles. The number of benzene rings is 1. The zero-order chi connectivity index (χ0) is 17.0. The molecule has 0 aliphatic carbocycles. The van der Waals surface area contributed by atoms with Crippen LogP contribution in [0.1, 0.15) is 24.3 Å². The first-order valence-electron chi connectivity index (χ1n) is 7.04. The summed E-state index contributed by atoms with van der Waals surface area (Å²) in [5.41, 5.74) is 1.81. The van der Waals surface area contributed by atoms with Crippen LogP contribution in [0.15, 0.2) is 34.9 Å². The number of halogens is 1. The molecule has 126 valence electrons. The van der Waals surface area contributed by atoms with Gasteiger partial charge in [-0.1, -0.05) is 36.3 Å². The molecule has 8 heteroatoms. The molecule has 0 bridgehead atoms. The fourth-order valence-corrected chi connectivity index (χ4v) is 2.40. The second-order valence-corrected chi connectivity index (χ2v) is 7.31. The lowest BCUT2D eigenvalue weighted by Crippen LogP contribution is -2.21. The Kier molecular flexibility index (Phi) is 5.51. The number of nitrogens with one attached hydrogen (secondary N) is 1. The lowest BCUT2D eigenvalue weighted by Gasteiger charge is -2.16. The summed E-state index contributed by atoms with van der Waals surface area (Å²) in [6, 6.07) is 8.50. The molecule has 2 aromatic rings. The average molecular weight is 342 g/mol. The molecular weight excluding hydrogens is 323 g/mol. The first-order chi connectivity index (χ1) is 10.8. The van der Waals surface area contributed by atoms with Gasteiger partial charge in [0, 0.05) is 17.5 Å². The van der Waals surface area contributed by atoms with Crippen molar-refractivity contribution < 1.29 is 22.4 Å². The van der Waals surface area contributed by atoms with Crippen LogP contribution in [-0.2, 0) is 16.6 Å². The third kappa shape index (κ3) is 4.85. The van der Waals surface area contributed by atoms with Crippen molar-refractivity contribution in [2.75, 3.05) is 12.9 Å². The lowest BCUT2D eigenvalue weighted by atomic mass is 9.97. The number of aromatic nitrogens is 1. The molecule has 0 spiro atoms. The summed E-state index contributed by atoms with van der Waals surface area (Å²) in [7, 11) is -3.29. The molecular formula is C15H19FN2O4S. The number of hydrogen-bond donors (Lipinski definition) is 2. The average Bonchev–Trinajstić information content (AvgIpc) is 3.00. The minimum absolute atomic E-state index is 0.0488. The van der Waals surface area contributed by atoms with Gasteiger partial charge in [-0.15, -0.1) is 0 Å². The van der Waals surface area contributed by atoms with E-state index in [1.807, 2.05) is 0 Å². The number of aliphatic hydroxyl groups excluding tert-OH is 1. The van der Waals surface area contributed by atoms with E-state index < -0.39 is 28.7 Å². The van der Waals surface area contributed by atoms with Crippen molar-refractivity contribution in [1.29, 1.82) is 0 Å². The first kappa shape index (κ1) is 17.6. The van der Waals surface area contributed by atoms with E-state index in [2.05, 4.69) is 9.88 Å². The molecule has 0 saturated carbocycles. The number of rotatable bonds is 7. The van der Waals surface area contributed by atoms with Crippen LogP contribution in [0.2, 0.25) is 0 Å². The van der Waals surface area contributed by atoms with E-state index >= 15 is 0 Å². The summed E-state index contributed by atoms with van der Waals surface area (Å²) >= 11 is 0. The molecule has 2 rings (SSSR count). The van der Waals surface area contributed by atoms with E-state index in [1.165, 1.54) is 0 Å². The van der Waals surface area contributed by atoms with Gasteiger partial charge >= 0.3 is 0 Å². The van der Waals surface area contributed by atoms with Gasteiger partial charge < -0.3 is 9.63 Å². The summed E-state index contributed by atoms with van der Waals surface area (Å²) in [6.07, 6.45) is 0.203. The van der Waals surface area contributed by atoms with Gasteiger partial charge in [-0.25, -0.2) is 13.1 Å². The molecule has 0 fully saturated rings. The molecule has 2 N–H and O–H groups in total. The molecule has 1 heterocycles. The minimum atomic E-state index is -3.29. The van der Waals surface area contributed by atoms with Crippen LogP contribution in [0, 0.1) is 5.92 Å². The van der Waals surface area contributed by atoms with Gasteiger partial charge in [0.25, 0.3) is 0 Å². The van der Waals surface area contributed by atoms with E-state index in [0.29, 0.717) is 17.0 Å². The maximum Gasteiger partial charge on any atom is 0.209 e. The van der Waals surface area contributed by atoms with Crippen LogP contribution in [0.5, 0.6) is 0 Å². The second kappa shape index (κ2) is 7.20. The van der Waals surface area contributed by atoms with E-state index in [9.17, 15) is 17.9 Å². The second-order valence-electron chi connectivity index (χ2n) is 5.47. The van der Waals surface area contributed by atoms with E-state index in [4.69, 9.17) is 4.52 Å². The summed E-state index contributed by atoms with van der Waals surface area (Å²) in [5.74, 6) is 0.00896. The smallest absolute Gasteiger partial charge is 0.209 e. The summed E-state index contributed by atoms with van der Waals surface area (Å²) < 4.78 is 42.2. The normalized spacial score (nSPS) is 14.6. The fourth-order valence-electron chi connectivity index (χ4n) is 1.99. The van der Waals surface area contributed by atoms with Crippen molar-refractivity contribution >= 4 is 10.0 Å². The molecule has 0 aliphatic rings. The monoisotopic (exact) mass is 342 g/mol. The number of hydrogen-bond acceptors (Lipinski definition) is 5. The molecule has 2 unspecified atom stereocenters. The van der Waals surface area contributed by atoms with Gasteiger partial charge in [0.05, 0.1) is 31.3 Å². The van der Waals surface area contributed by atoms with Crippen LogP contribution in [0.25, 0.3) is 11.3 Å². The van der Waals surface area contributed by atoms with E-state index in [0.717, 1.165) is 11.8 Å². The maximum atomic E-state index is 12.6. The number of nitrogens with zero attached hydrogens (tertiary/aromatic N) is 1. The number of sulfonamides is 1. The Bertz CT molecular complexity index is 743. The molecule has 0 saturated heterocycles. The Morgan fingerprint density at radius 2 is 2.00 bits per heavy atom. The van der Waals surface area contributed by atoms with E-state index in [-0.39, 0.29) is 6.54 Å². The van der Waals surface area contributed by atoms with Gasteiger partial charge in [0.1, 0.15) is 0 Å². The zero-order valence-electron chi connectivity index (χ0n) is 12.9. The quantitative estimate of drug-likeness (QED) is 0.803. The maximum absolute atomic E-state index is 12.6. The molecule has 2 atom stereocenters. The fraction of sp³-hybridized carbons (Fsp3) is 0.400. The molecule has 0 aliphatic heterocycles. The highest BCUT2D eigenvalue weighted by Crippen LogP contribution is 2.26. The summed E-state index contributed by atoms with van der Waals surface area (Å²) in [5, 5.41) is 13.8. The minimum Gasteiger partial charge on any atom is -0.388 e. The Labute approximate surface area is 134 Å². The molecule has 23 heavy (non-hydrogen) atoms. The van der Waals surface area contributed by atoms with Gasteiger partial charge in [-0.3, -0.25) is 4.39 Å². The zero-order valence-corrected chi connectivity index (χ0v) is 13.7. The molecule has 0 amide bonds. The van der Waals surface area contributed by atoms with Crippen molar-refractivity contribution in [3.05, 3.63) is 41.6 Å². The van der Waals surface area contributed by atoms with Crippen molar-refractivity contribution in [3.63, 3.8) is 0 Å². The van der Waals surface area contributed by atoms with Crippen LogP contribution in [0.4, 0.5) is 4.39 Å². The summed E-state index contributed by atoms with van der Waals surface area (Å²) in [4.78, 5) is 0. The highest BCUT2D eigenvalue weighted by molar-refractivity contribution is 7.88. The molecule has 6 nitrogen and oxygen atoms in total. The van der Waals surface area contributed by atoms with Gasteiger partial charge in [-0.2, -0.15) is 0 Å². The number of aliphatic hydroxyl groups is 1. The predicted octanol–water partition coefficient (Wildman–Crippen LogP) is 2.03. The van der Waals surface area contributed by atoms with Crippen molar-refractivity contribution in [3.8, 4) is 11.3 Å². The van der Waals surface area contributed by atoms with Crippen molar-refractivity contribution in [1.82, 2.24) is 9.88 Å². The molecule has 0 radical (unpaired) electrons. The number of alkyl halides is 1. The third-order valence-corrected chi connectivity index (χ3v) is 4.06. The van der Waals surface area contributed by atoms with Crippen LogP contribution in [-0.4, -0.2) is 31.6 Å².